The Labute approximate surface area is 86.0 Å². The molecule has 0 heterocycles. The van der Waals surface area contributed by atoms with Gasteiger partial charge in [-0.3, -0.25) is 0 Å². The van der Waals surface area contributed by atoms with E-state index in [0.29, 0.717) is 0 Å². The third-order valence-corrected chi connectivity index (χ3v) is 0. The zero-order valence-corrected chi connectivity index (χ0v) is 8.22. The number of hydrogen-bond acceptors (Lipinski definition) is 0. The van der Waals surface area contributed by atoms with Crippen molar-refractivity contribution in [3.63, 3.8) is 0 Å². The maximum atomic E-state index is 0. The van der Waals surface area contributed by atoms with Crippen molar-refractivity contribution >= 4 is 0 Å². The Morgan fingerprint density at radius 2 is 0.333 bits per heavy atom. The molecule has 0 atom stereocenters. The van der Waals surface area contributed by atoms with Crippen LogP contribution in [0.15, 0.2) is 0 Å². The molecule has 0 amide bonds. The first-order valence-electron chi connectivity index (χ1n) is 0. The SMILES string of the molecule is [Cl-].[Cl-].[Cl-].[Cl-].[V+2].[V+2]. The average Bonchev–Trinajstić information content (AvgIpc) is 0. The molecule has 0 aliphatic heterocycles. The number of hydrogen-bond donors (Lipinski definition) is 0. The van der Waals surface area contributed by atoms with Crippen LogP contribution in [0.4, 0.5) is 0 Å². The fraction of sp³-hybridized carbons (Fsp3) is 0. The molecule has 0 rings (SSSR count). The van der Waals surface area contributed by atoms with Gasteiger partial charge in [-0.25, -0.2) is 0 Å². The molecular formula is Cl4V2. The van der Waals surface area contributed by atoms with Crippen LogP contribution >= 0.6 is 0 Å². The molecule has 0 fully saturated rings. The van der Waals surface area contributed by atoms with E-state index in [4.69, 9.17) is 0 Å². The smallest absolute Gasteiger partial charge is 1.00 e. The van der Waals surface area contributed by atoms with Crippen molar-refractivity contribution in [2.75, 3.05) is 0 Å². The topological polar surface area (TPSA) is 0 Å². The Bertz CT molecular complexity index is 5.51. The molecule has 0 unspecified atom stereocenters. The summed E-state index contributed by atoms with van der Waals surface area (Å²) in [6.45, 7) is 0. The molecule has 0 spiro atoms. The molecule has 0 N–H and O–H groups in total. The second-order valence-electron chi connectivity index (χ2n) is 0. The van der Waals surface area contributed by atoms with Gasteiger partial charge in [0.05, 0.1) is 0 Å². The van der Waals surface area contributed by atoms with Gasteiger partial charge >= 0.3 is 37.1 Å². The number of rotatable bonds is 0. The third kappa shape index (κ3) is 33.1. The van der Waals surface area contributed by atoms with Crippen LogP contribution < -0.4 is 49.6 Å². The van der Waals surface area contributed by atoms with Crippen LogP contribution in [0.2, 0.25) is 0 Å². The predicted octanol–water partition coefficient (Wildman–Crippen LogP) is -12.0. The molecule has 0 saturated heterocycles. The van der Waals surface area contributed by atoms with E-state index in [2.05, 4.69) is 0 Å². The Hall–Kier alpha value is 2.33. The molecule has 0 aromatic heterocycles. The number of halogens is 4. The van der Waals surface area contributed by atoms with Crippen molar-refractivity contribution in [1.29, 1.82) is 0 Å². The van der Waals surface area contributed by atoms with Crippen LogP contribution in [0.3, 0.4) is 0 Å². The van der Waals surface area contributed by atoms with Gasteiger partial charge in [0.15, 0.2) is 0 Å². The normalized spacial score (nSPS) is 0. The standard InChI is InChI=1S/4ClH.2V/h4*1H;;/q;;;;2*+2/p-4. The van der Waals surface area contributed by atoms with Crippen LogP contribution in [0, 0.1) is 0 Å². The Kier molecular flexibility index (Phi) is 744. The summed E-state index contributed by atoms with van der Waals surface area (Å²) in [4.78, 5) is 0. The van der Waals surface area contributed by atoms with Gasteiger partial charge in [-0.1, -0.05) is 0 Å². The van der Waals surface area contributed by atoms with E-state index in [0.717, 1.165) is 0 Å². The quantitative estimate of drug-likeness (QED) is 0.397. The van der Waals surface area contributed by atoms with E-state index in [1.54, 1.807) is 0 Å². The minimum absolute atomic E-state index is 0. The molecule has 6 heavy (non-hydrogen) atoms. The molecule has 38 valence electrons. The molecule has 0 aromatic carbocycles. The zero-order valence-electron chi connectivity index (χ0n) is 2.41. The second-order valence-corrected chi connectivity index (χ2v) is 0. The monoisotopic (exact) mass is 242 g/mol. The summed E-state index contributed by atoms with van der Waals surface area (Å²) in [6, 6.07) is 0. The van der Waals surface area contributed by atoms with Crippen molar-refractivity contribution in [3.8, 4) is 0 Å². The predicted molar refractivity (Wildman–Crippen MR) is 0 cm³/mol. The van der Waals surface area contributed by atoms with Crippen LogP contribution in [0.5, 0.6) is 0 Å². The first kappa shape index (κ1) is 82.5. The van der Waals surface area contributed by atoms with E-state index >= 15 is 0 Å². The van der Waals surface area contributed by atoms with Crippen molar-refractivity contribution < 1.29 is 86.7 Å². The van der Waals surface area contributed by atoms with Gasteiger partial charge in [0, 0.05) is 0 Å². The van der Waals surface area contributed by atoms with E-state index in [-0.39, 0.29) is 86.7 Å². The fourth-order valence-electron chi connectivity index (χ4n) is 0. The molecule has 0 saturated carbocycles. The van der Waals surface area contributed by atoms with E-state index in [9.17, 15) is 0 Å². The molecule has 0 aliphatic carbocycles. The fourth-order valence-corrected chi connectivity index (χ4v) is 0. The van der Waals surface area contributed by atoms with Gasteiger partial charge in [0.2, 0.25) is 0 Å². The van der Waals surface area contributed by atoms with Crippen LogP contribution in [-0.2, 0) is 37.1 Å². The minimum atomic E-state index is 0. The van der Waals surface area contributed by atoms with Gasteiger partial charge < -0.3 is 49.6 Å². The van der Waals surface area contributed by atoms with E-state index in [1.807, 2.05) is 0 Å². The summed E-state index contributed by atoms with van der Waals surface area (Å²) in [6.07, 6.45) is 0. The molecule has 6 heteroatoms. The minimum Gasteiger partial charge on any atom is -1.00 e. The molecule has 0 nitrogen and oxygen atoms in total. The van der Waals surface area contributed by atoms with Crippen molar-refractivity contribution in [2.45, 2.75) is 0 Å². The Morgan fingerprint density at radius 3 is 0.333 bits per heavy atom. The summed E-state index contributed by atoms with van der Waals surface area (Å²) in [7, 11) is 0. The average molecular weight is 244 g/mol. The molecule has 0 aliphatic rings. The van der Waals surface area contributed by atoms with Crippen LogP contribution in [-0.4, -0.2) is 0 Å². The van der Waals surface area contributed by atoms with E-state index in [1.165, 1.54) is 0 Å². The van der Waals surface area contributed by atoms with Gasteiger partial charge in [-0.15, -0.1) is 0 Å². The molecule has 0 aromatic rings. The molecule has 2 radical (unpaired) electrons. The van der Waals surface area contributed by atoms with Crippen LogP contribution in [0.25, 0.3) is 0 Å². The van der Waals surface area contributed by atoms with Gasteiger partial charge in [-0.05, 0) is 0 Å². The van der Waals surface area contributed by atoms with Gasteiger partial charge in [-0.2, -0.15) is 0 Å². The largest absolute Gasteiger partial charge is 2.00 e. The third-order valence-electron chi connectivity index (χ3n) is 0. The van der Waals surface area contributed by atoms with Crippen molar-refractivity contribution in [3.05, 3.63) is 0 Å². The summed E-state index contributed by atoms with van der Waals surface area (Å²) in [5, 5.41) is 0. The van der Waals surface area contributed by atoms with Gasteiger partial charge in [0.25, 0.3) is 0 Å². The Balaban J connectivity index is 0. The Morgan fingerprint density at radius 1 is 0.333 bits per heavy atom. The first-order valence-corrected chi connectivity index (χ1v) is 0. The van der Waals surface area contributed by atoms with Crippen molar-refractivity contribution in [2.24, 2.45) is 0 Å². The van der Waals surface area contributed by atoms with Crippen molar-refractivity contribution in [1.82, 2.24) is 0 Å². The van der Waals surface area contributed by atoms with Crippen LogP contribution in [0.1, 0.15) is 0 Å². The molecular weight excluding hydrogens is 244 g/mol. The van der Waals surface area contributed by atoms with Gasteiger partial charge in [0.1, 0.15) is 0 Å². The summed E-state index contributed by atoms with van der Waals surface area (Å²) < 4.78 is 0. The summed E-state index contributed by atoms with van der Waals surface area (Å²) in [5.74, 6) is 0. The maximum absolute atomic E-state index is 0. The first-order chi connectivity index (χ1) is 0. The maximum Gasteiger partial charge on any atom is 2.00 e. The summed E-state index contributed by atoms with van der Waals surface area (Å²) in [5.41, 5.74) is 0. The second kappa shape index (κ2) is 54.1. The summed E-state index contributed by atoms with van der Waals surface area (Å²) >= 11 is 0. The molecule has 0 bridgehead atoms. The zero-order chi connectivity index (χ0) is 0. The van der Waals surface area contributed by atoms with E-state index < -0.39 is 0 Å².